The molecule has 3 N–H and O–H groups in total. The van der Waals surface area contributed by atoms with Gasteiger partial charge in [-0.25, -0.2) is 9.67 Å². The molecule has 0 unspecified atom stereocenters. The van der Waals surface area contributed by atoms with Gasteiger partial charge >= 0.3 is 0 Å². The molecule has 3 heterocycles. The molecule has 1 fully saturated rings. The molecule has 194 valence electrons. The molecule has 37 heavy (non-hydrogen) atoms. The molecule has 2 aromatic heterocycles. The Morgan fingerprint density at radius 2 is 2.08 bits per heavy atom. The molecule has 10 nitrogen and oxygen atoms in total. The highest BCUT2D eigenvalue weighted by Gasteiger charge is 2.37. The Hall–Kier alpha value is -4.10. The molecule has 0 saturated carbocycles. The van der Waals surface area contributed by atoms with Crippen LogP contribution in [0.2, 0.25) is 0 Å². The van der Waals surface area contributed by atoms with Crippen LogP contribution in [0, 0.1) is 11.8 Å². The Kier molecular flexibility index (Phi) is 7.09. The molecule has 2 atom stereocenters. The van der Waals surface area contributed by atoms with E-state index in [0.29, 0.717) is 25.4 Å². The first kappa shape index (κ1) is 26.0. The molecule has 2 amide bonds. The summed E-state index contributed by atoms with van der Waals surface area (Å²) in [5.74, 6) is 5.79. The third-order valence-corrected chi connectivity index (χ3v) is 6.54. The monoisotopic (exact) mass is 503 g/mol. The zero-order valence-corrected chi connectivity index (χ0v) is 21.9. The second kappa shape index (κ2) is 10.1. The summed E-state index contributed by atoms with van der Waals surface area (Å²) in [6.45, 7) is 10.8. The SMILES string of the molecule is C=CC(=O)N1C[C@@H](n2nc(C#Cc3ccc4c(c3)ncn4C(C)(C)C)c(C(N)=O)c2NC)C[C@@H]1COC. The van der Waals surface area contributed by atoms with E-state index in [9.17, 15) is 9.59 Å². The lowest BCUT2D eigenvalue weighted by Gasteiger charge is -2.22. The van der Waals surface area contributed by atoms with Crippen LogP contribution in [0.25, 0.3) is 11.0 Å². The number of primary amides is 1. The third kappa shape index (κ3) is 4.95. The van der Waals surface area contributed by atoms with Crippen LogP contribution < -0.4 is 11.1 Å². The number of imidazole rings is 1. The number of hydrogen-bond acceptors (Lipinski definition) is 6. The summed E-state index contributed by atoms with van der Waals surface area (Å²) in [6.07, 6.45) is 3.72. The molecule has 0 bridgehead atoms. The Morgan fingerprint density at radius 3 is 2.70 bits per heavy atom. The highest BCUT2D eigenvalue weighted by atomic mass is 16.5. The third-order valence-electron chi connectivity index (χ3n) is 6.54. The van der Waals surface area contributed by atoms with Gasteiger partial charge in [-0.15, -0.1) is 0 Å². The number of rotatable bonds is 6. The first-order chi connectivity index (χ1) is 17.6. The van der Waals surface area contributed by atoms with Crippen molar-refractivity contribution in [3.05, 3.63) is 54.0 Å². The average Bonchev–Trinajstić information content (AvgIpc) is 3.56. The van der Waals surface area contributed by atoms with Gasteiger partial charge in [-0.1, -0.05) is 12.5 Å². The first-order valence-electron chi connectivity index (χ1n) is 12.1. The van der Waals surface area contributed by atoms with E-state index in [1.165, 1.54) is 6.08 Å². The number of methoxy groups -OCH3 is 1. The van der Waals surface area contributed by atoms with E-state index in [0.717, 1.165) is 16.6 Å². The standard InChI is InChI=1S/C27H33N7O3/c1-7-23(35)32-14-18(13-19(32)15-37-6)34-26(29-5)24(25(28)36)20(31-34)10-8-17-9-11-22-21(12-17)30-16-33(22)27(2,3)4/h7,9,11-12,16,18-19,29H,1,13-15H2,2-6H3,(H2,28,36)/t18-,19+/m0/s1. The lowest BCUT2D eigenvalue weighted by molar-refractivity contribution is -0.127. The topological polar surface area (TPSA) is 120 Å². The van der Waals surface area contributed by atoms with Crippen molar-refractivity contribution in [3.8, 4) is 11.8 Å². The van der Waals surface area contributed by atoms with E-state index >= 15 is 0 Å². The highest BCUT2D eigenvalue weighted by Crippen LogP contribution is 2.32. The largest absolute Gasteiger partial charge is 0.383 e. The number of carbonyl (C=O) groups is 2. The summed E-state index contributed by atoms with van der Waals surface area (Å²) in [6, 6.07) is 5.49. The number of carbonyl (C=O) groups excluding carboxylic acids is 2. The van der Waals surface area contributed by atoms with Crippen molar-refractivity contribution in [1.29, 1.82) is 0 Å². The summed E-state index contributed by atoms with van der Waals surface area (Å²) >= 11 is 0. The van der Waals surface area contributed by atoms with Gasteiger partial charge < -0.3 is 25.3 Å². The molecule has 1 aromatic carbocycles. The minimum atomic E-state index is -0.635. The van der Waals surface area contributed by atoms with Crippen LogP contribution in [0.5, 0.6) is 0 Å². The Morgan fingerprint density at radius 1 is 1.32 bits per heavy atom. The van der Waals surface area contributed by atoms with E-state index in [2.05, 4.69) is 59.2 Å². The van der Waals surface area contributed by atoms with Crippen LogP contribution in [0.15, 0.2) is 37.2 Å². The summed E-state index contributed by atoms with van der Waals surface area (Å²) in [4.78, 5) is 31.1. The fourth-order valence-electron chi connectivity index (χ4n) is 4.82. The number of amides is 2. The number of aromatic nitrogens is 4. The van der Waals surface area contributed by atoms with Gasteiger partial charge in [0, 0.05) is 31.8 Å². The van der Waals surface area contributed by atoms with E-state index in [-0.39, 0.29) is 34.8 Å². The molecule has 0 aliphatic carbocycles. The van der Waals surface area contributed by atoms with Crippen LogP contribution in [-0.2, 0) is 15.1 Å². The van der Waals surface area contributed by atoms with Gasteiger partial charge in [0.1, 0.15) is 11.4 Å². The van der Waals surface area contributed by atoms with Crippen LogP contribution in [0.3, 0.4) is 0 Å². The minimum Gasteiger partial charge on any atom is -0.383 e. The molecular weight excluding hydrogens is 470 g/mol. The number of likely N-dealkylation sites (tertiary alicyclic amines) is 1. The molecule has 0 radical (unpaired) electrons. The number of benzene rings is 1. The number of nitrogens with two attached hydrogens (primary N) is 1. The Bertz CT molecular complexity index is 1420. The highest BCUT2D eigenvalue weighted by molar-refractivity contribution is 6.00. The predicted molar refractivity (Wildman–Crippen MR) is 142 cm³/mol. The molecular formula is C27H33N7O3. The van der Waals surface area contributed by atoms with Gasteiger partial charge in [0.25, 0.3) is 5.91 Å². The zero-order chi connectivity index (χ0) is 26.9. The van der Waals surface area contributed by atoms with Crippen molar-refractivity contribution < 1.29 is 14.3 Å². The van der Waals surface area contributed by atoms with Crippen molar-refractivity contribution in [3.63, 3.8) is 0 Å². The van der Waals surface area contributed by atoms with Crippen LogP contribution in [0.1, 0.15) is 54.8 Å². The maximum absolute atomic E-state index is 12.4. The van der Waals surface area contributed by atoms with E-state index < -0.39 is 5.91 Å². The summed E-state index contributed by atoms with van der Waals surface area (Å²) in [5.41, 5.74) is 8.73. The number of nitrogens with one attached hydrogen (secondary N) is 1. The average molecular weight is 504 g/mol. The van der Waals surface area contributed by atoms with E-state index in [1.807, 2.05) is 24.5 Å². The summed E-state index contributed by atoms with van der Waals surface area (Å²) in [5, 5.41) is 7.72. The van der Waals surface area contributed by atoms with Gasteiger partial charge in [-0.05, 0) is 57.4 Å². The fraction of sp³-hybridized carbons (Fsp3) is 0.407. The lowest BCUT2D eigenvalue weighted by atomic mass is 10.1. The molecule has 4 rings (SSSR count). The number of nitrogens with zero attached hydrogens (tertiary/aromatic N) is 5. The predicted octanol–water partition coefficient (Wildman–Crippen LogP) is 2.50. The van der Waals surface area contributed by atoms with Gasteiger partial charge in [-0.3, -0.25) is 9.59 Å². The van der Waals surface area contributed by atoms with Crippen molar-refractivity contribution in [1.82, 2.24) is 24.2 Å². The number of ether oxygens (including phenoxy) is 1. The van der Waals surface area contributed by atoms with Gasteiger partial charge in [0.05, 0.1) is 36.1 Å². The minimum absolute atomic E-state index is 0.0942. The second-order valence-corrected chi connectivity index (χ2v) is 10.1. The van der Waals surface area contributed by atoms with Crippen molar-refractivity contribution >= 4 is 28.7 Å². The van der Waals surface area contributed by atoms with Gasteiger partial charge in [0.15, 0.2) is 5.69 Å². The first-order valence-corrected chi connectivity index (χ1v) is 12.1. The second-order valence-electron chi connectivity index (χ2n) is 10.1. The van der Waals surface area contributed by atoms with Crippen LogP contribution in [0.4, 0.5) is 5.82 Å². The molecule has 0 spiro atoms. The van der Waals surface area contributed by atoms with Crippen LogP contribution in [-0.4, -0.2) is 69.4 Å². The Balaban J connectivity index is 1.71. The molecule has 10 heteroatoms. The quantitative estimate of drug-likeness (QED) is 0.394. The molecule has 1 saturated heterocycles. The van der Waals surface area contributed by atoms with Crippen molar-refractivity contribution in [2.45, 2.75) is 44.8 Å². The number of fused-ring (bicyclic) bond motifs is 1. The maximum Gasteiger partial charge on any atom is 0.255 e. The number of anilines is 1. The summed E-state index contributed by atoms with van der Waals surface area (Å²) in [7, 11) is 3.30. The normalized spacial score (nSPS) is 17.5. The zero-order valence-electron chi connectivity index (χ0n) is 21.9. The van der Waals surface area contributed by atoms with E-state index in [4.69, 9.17) is 10.5 Å². The molecule has 3 aromatic rings. The summed E-state index contributed by atoms with van der Waals surface area (Å²) < 4.78 is 9.14. The van der Waals surface area contributed by atoms with Gasteiger partial charge in [-0.2, -0.15) is 5.10 Å². The van der Waals surface area contributed by atoms with Crippen molar-refractivity contribution in [2.75, 3.05) is 32.6 Å². The number of hydrogen-bond donors (Lipinski definition) is 2. The van der Waals surface area contributed by atoms with E-state index in [1.54, 1.807) is 23.7 Å². The van der Waals surface area contributed by atoms with Crippen molar-refractivity contribution in [2.24, 2.45) is 5.73 Å². The maximum atomic E-state index is 12.4. The van der Waals surface area contributed by atoms with Gasteiger partial charge in [0.2, 0.25) is 5.91 Å². The lowest BCUT2D eigenvalue weighted by Crippen LogP contribution is -2.37. The molecule has 1 aliphatic rings. The fourth-order valence-corrected chi connectivity index (χ4v) is 4.82. The smallest absolute Gasteiger partial charge is 0.255 e. The Labute approximate surface area is 216 Å². The molecule has 1 aliphatic heterocycles. The van der Waals surface area contributed by atoms with Crippen LogP contribution >= 0.6 is 0 Å².